The van der Waals surface area contributed by atoms with Crippen LogP contribution in [0.15, 0.2) is 0 Å². The van der Waals surface area contributed by atoms with Crippen LogP contribution in [0.25, 0.3) is 0 Å². The zero-order chi connectivity index (χ0) is 6.69. The van der Waals surface area contributed by atoms with Crippen molar-refractivity contribution in [1.29, 1.82) is 0 Å². The zero-order valence-electron chi connectivity index (χ0n) is 6.01. The normalized spacial score (nSPS) is 32.0. The van der Waals surface area contributed by atoms with Crippen molar-refractivity contribution < 1.29 is 0 Å². The highest BCUT2D eigenvalue weighted by Gasteiger charge is 2.09. The second kappa shape index (κ2) is 3.47. The van der Waals surface area contributed by atoms with Crippen molar-refractivity contribution in [3.8, 4) is 0 Å². The molecule has 0 saturated carbocycles. The molecule has 0 aliphatic carbocycles. The maximum atomic E-state index is 4.30. The maximum absolute atomic E-state index is 4.30. The minimum atomic E-state index is 0.919. The lowest BCUT2D eigenvalue weighted by atomic mass is 10.0. The van der Waals surface area contributed by atoms with Gasteiger partial charge in [0.2, 0.25) is 0 Å². The van der Waals surface area contributed by atoms with E-state index in [4.69, 9.17) is 0 Å². The third kappa shape index (κ3) is 2.59. The summed E-state index contributed by atoms with van der Waals surface area (Å²) in [7, 11) is 0. The Morgan fingerprint density at radius 3 is 2.89 bits per heavy atom. The number of rotatable bonds is 0. The standard InChI is InChI=1S/C7H15NS/c1-7-3-2-5-8(9)6-4-7/h7,9H,2-6H2,1H3. The van der Waals surface area contributed by atoms with Gasteiger partial charge in [0.05, 0.1) is 0 Å². The van der Waals surface area contributed by atoms with Gasteiger partial charge in [-0.1, -0.05) is 19.7 Å². The van der Waals surface area contributed by atoms with Crippen LogP contribution in [0.3, 0.4) is 0 Å². The molecule has 0 spiro atoms. The first kappa shape index (κ1) is 7.42. The Balaban J connectivity index is 2.25. The van der Waals surface area contributed by atoms with E-state index in [9.17, 15) is 0 Å². The molecule has 1 rings (SSSR count). The molecule has 1 heterocycles. The van der Waals surface area contributed by atoms with Crippen LogP contribution in [0.5, 0.6) is 0 Å². The molecule has 1 nitrogen and oxygen atoms in total. The summed E-state index contributed by atoms with van der Waals surface area (Å²) in [6.07, 6.45) is 4.03. The average Bonchev–Trinajstić information content (AvgIpc) is 1.97. The van der Waals surface area contributed by atoms with Crippen LogP contribution < -0.4 is 0 Å². The highest BCUT2D eigenvalue weighted by atomic mass is 32.1. The topological polar surface area (TPSA) is 3.24 Å². The van der Waals surface area contributed by atoms with Crippen molar-refractivity contribution in [2.45, 2.75) is 26.2 Å². The Morgan fingerprint density at radius 2 is 2.11 bits per heavy atom. The van der Waals surface area contributed by atoms with Gasteiger partial charge >= 0.3 is 0 Å². The van der Waals surface area contributed by atoms with Gasteiger partial charge in [0.15, 0.2) is 0 Å². The molecule has 0 aromatic heterocycles. The van der Waals surface area contributed by atoms with E-state index in [2.05, 4.69) is 24.0 Å². The van der Waals surface area contributed by atoms with E-state index in [1.165, 1.54) is 32.4 Å². The van der Waals surface area contributed by atoms with Gasteiger partial charge in [-0.05, 0) is 25.2 Å². The summed E-state index contributed by atoms with van der Waals surface area (Å²) < 4.78 is 2.13. The second-order valence-corrected chi connectivity index (χ2v) is 3.56. The monoisotopic (exact) mass is 145 g/mol. The van der Waals surface area contributed by atoms with E-state index >= 15 is 0 Å². The van der Waals surface area contributed by atoms with Crippen LogP contribution in [-0.2, 0) is 0 Å². The lowest BCUT2D eigenvalue weighted by Crippen LogP contribution is -2.12. The first-order valence-corrected chi connectivity index (χ1v) is 4.13. The summed E-state index contributed by atoms with van der Waals surface area (Å²) in [5.41, 5.74) is 0. The minimum Gasteiger partial charge on any atom is -0.253 e. The molecule has 2 heteroatoms. The van der Waals surface area contributed by atoms with E-state index in [1.54, 1.807) is 0 Å². The molecule has 0 N–H and O–H groups in total. The number of hydrogen-bond acceptors (Lipinski definition) is 2. The molecule has 1 saturated heterocycles. The van der Waals surface area contributed by atoms with Crippen LogP contribution in [0, 0.1) is 5.92 Å². The lowest BCUT2D eigenvalue weighted by Gasteiger charge is -2.09. The minimum absolute atomic E-state index is 0.919. The second-order valence-electron chi connectivity index (χ2n) is 2.99. The fraction of sp³-hybridized carbons (Fsp3) is 1.00. The van der Waals surface area contributed by atoms with Gasteiger partial charge in [-0.25, -0.2) is 0 Å². The predicted octanol–water partition coefficient (Wildman–Crippen LogP) is 1.95. The molecule has 9 heavy (non-hydrogen) atoms. The maximum Gasteiger partial charge on any atom is 0.00895 e. The fourth-order valence-corrected chi connectivity index (χ4v) is 1.50. The Bertz CT molecular complexity index is 75.0. The van der Waals surface area contributed by atoms with Crippen molar-refractivity contribution in [3.05, 3.63) is 0 Å². The lowest BCUT2D eigenvalue weighted by molar-refractivity contribution is 0.475. The molecule has 0 aromatic carbocycles. The van der Waals surface area contributed by atoms with Crippen LogP contribution >= 0.6 is 12.8 Å². The molecule has 0 amide bonds. The van der Waals surface area contributed by atoms with Crippen LogP contribution in [0.2, 0.25) is 0 Å². The van der Waals surface area contributed by atoms with Gasteiger partial charge in [-0.15, -0.1) is 0 Å². The third-order valence-electron chi connectivity index (χ3n) is 1.99. The SMILES string of the molecule is CC1CCCN(S)CC1. The van der Waals surface area contributed by atoms with Crippen molar-refractivity contribution in [2.24, 2.45) is 5.92 Å². The average molecular weight is 145 g/mol. The Labute approximate surface area is 63.0 Å². The third-order valence-corrected chi connectivity index (χ3v) is 2.39. The fourth-order valence-electron chi connectivity index (χ4n) is 1.25. The number of thiol groups is 1. The molecule has 1 aliphatic rings. The van der Waals surface area contributed by atoms with Crippen molar-refractivity contribution >= 4 is 12.8 Å². The van der Waals surface area contributed by atoms with Crippen LogP contribution in [0.4, 0.5) is 0 Å². The smallest absolute Gasteiger partial charge is 0.00895 e. The molecule has 1 fully saturated rings. The quantitative estimate of drug-likeness (QED) is 0.510. The highest BCUT2D eigenvalue weighted by molar-refractivity contribution is 7.77. The molecule has 0 aromatic rings. The molecule has 1 atom stereocenters. The Morgan fingerprint density at radius 1 is 1.33 bits per heavy atom. The molecule has 1 unspecified atom stereocenters. The summed E-state index contributed by atoms with van der Waals surface area (Å²) in [5.74, 6) is 0.919. The first-order chi connectivity index (χ1) is 4.29. The van der Waals surface area contributed by atoms with Crippen LogP contribution in [-0.4, -0.2) is 17.4 Å². The van der Waals surface area contributed by atoms with E-state index in [1.807, 2.05) is 0 Å². The van der Waals surface area contributed by atoms with Gasteiger partial charge < -0.3 is 0 Å². The summed E-state index contributed by atoms with van der Waals surface area (Å²) in [6.45, 7) is 4.67. The van der Waals surface area contributed by atoms with E-state index in [-0.39, 0.29) is 0 Å². The van der Waals surface area contributed by atoms with E-state index in [0.717, 1.165) is 5.92 Å². The summed E-state index contributed by atoms with van der Waals surface area (Å²) in [6, 6.07) is 0. The summed E-state index contributed by atoms with van der Waals surface area (Å²) in [5, 5.41) is 0. The Kier molecular flexibility index (Phi) is 2.86. The zero-order valence-corrected chi connectivity index (χ0v) is 6.90. The summed E-state index contributed by atoms with van der Waals surface area (Å²) >= 11 is 4.30. The first-order valence-electron chi connectivity index (χ1n) is 3.73. The van der Waals surface area contributed by atoms with E-state index in [0.29, 0.717) is 0 Å². The largest absolute Gasteiger partial charge is 0.253 e. The van der Waals surface area contributed by atoms with Gasteiger partial charge in [-0.3, -0.25) is 4.31 Å². The predicted molar refractivity (Wildman–Crippen MR) is 43.6 cm³/mol. The molecule has 0 radical (unpaired) electrons. The molecule has 54 valence electrons. The van der Waals surface area contributed by atoms with Gasteiger partial charge in [-0.2, -0.15) is 0 Å². The highest BCUT2D eigenvalue weighted by Crippen LogP contribution is 2.16. The van der Waals surface area contributed by atoms with Gasteiger partial charge in [0.25, 0.3) is 0 Å². The molecule has 1 aliphatic heterocycles. The van der Waals surface area contributed by atoms with Crippen molar-refractivity contribution in [3.63, 3.8) is 0 Å². The number of hydrogen-bond donors (Lipinski definition) is 1. The van der Waals surface area contributed by atoms with Gasteiger partial charge in [0.1, 0.15) is 0 Å². The van der Waals surface area contributed by atoms with Gasteiger partial charge in [0, 0.05) is 13.1 Å². The van der Waals surface area contributed by atoms with E-state index < -0.39 is 0 Å². The Hall–Kier alpha value is 0.310. The number of nitrogens with zero attached hydrogens (tertiary/aromatic N) is 1. The van der Waals surface area contributed by atoms with Crippen molar-refractivity contribution in [1.82, 2.24) is 4.31 Å². The summed E-state index contributed by atoms with van der Waals surface area (Å²) in [4.78, 5) is 0. The van der Waals surface area contributed by atoms with Crippen LogP contribution in [0.1, 0.15) is 26.2 Å². The molecular weight excluding hydrogens is 130 g/mol. The van der Waals surface area contributed by atoms with Crippen molar-refractivity contribution in [2.75, 3.05) is 13.1 Å². The molecule has 0 bridgehead atoms. The molecular formula is C7H15NS.